The summed E-state index contributed by atoms with van der Waals surface area (Å²) in [5.41, 5.74) is 1.19. The van der Waals surface area contributed by atoms with Gasteiger partial charge in [0.25, 0.3) is 5.56 Å². The highest BCUT2D eigenvalue weighted by Gasteiger charge is 2.20. The van der Waals surface area contributed by atoms with Crippen molar-refractivity contribution in [2.75, 3.05) is 26.4 Å². The van der Waals surface area contributed by atoms with Gasteiger partial charge in [0.15, 0.2) is 0 Å². The van der Waals surface area contributed by atoms with Crippen molar-refractivity contribution in [2.24, 2.45) is 0 Å². The van der Waals surface area contributed by atoms with E-state index < -0.39 is 0 Å². The third kappa shape index (κ3) is 5.22. The molecule has 3 heterocycles. The van der Waals surface area contributed by atoms with E-state index in [1.807, 2.05) is 31.1 Å². The average molecular weight is 461 g/mol. The first-order valence-electron chi connectivity index (χ1n) is 10.6. The second-order valence-electron chi connectivity index (χ2n) is 8.01. The first kappa shape index (κ1) is 22.1. The summed E-state index contributed by atoms with van der Waals surface area (Å²) in [6.45, 7) is 0.499. The lowest BCUT2D eigenvalue weighted by atomic mass is 9.97. The molecule has 4 rings (SSSR count). The van der Waals surface area contributed by atoms with Crippen LogP contribution in [0.1, 0.15) is 47.3 Å². The number of nitrogens with zero attached hydrogens (tertiary/aromatic N) is 2. The summed E-state index contributed by atoms with van der Waals surface area (Å²) < 4.78 is 5.47. The molecule has 0 radical (unpaired) electrons. The lowest BCUT2D eigenvalue weighted by Gasteiger charge is -2.22. The predicted octanol–water partition coefficient (Wildman–Crippen LogP) is 3.50. The molecule has 31 heavy (non-hydrogen) atoms. The van der Waals surface area contributed by atoms with Crippen molar-refractivity contribution < 1.29 is 9.21 Å². The van der Waals surface area contributed by atoms with Crippen molar-refractivity contribution >= 4 is 39.2 Å². The number of rotatable bonds is 9. The molecule has 1 aliphatic rings. The lowest BCUT2D eigenvalue weighted by molar-refractivity contribution is -0.120. The number of hydrogen-bond acceptors (Lipinski definition) is 7. The summed E-state index contributed by atoms with van der Waals surface area (Å²) >= 11 is 3.27. The van der Waals surface area contributed by atoms with E-state index in [0.717, 1.165) is 35.2 Å². The van der Waals surface area contributed by atoms with Crippen LogP contribution in [0.5, 0.6) is 0 Å². The lowest BCUT2D eigenvalue weighted by Crippen LogP contribution is -2.34. The highest BCUT2D eigenvalue weighted by Crippen LogP contribution is 2.33. The van der Waals surface area contributed by atoms with Crippen molar-refractivity contribution in [2.45, 2.75) is 43.9 Å². The van der Waals surface area contributed by atoms with E-state index in [9.17, 15) is 9.59 Å². The minimum atomic E-state index is -0.0228. The van der Waals surface area contributed by atoms with Gasteiger partial charge in [-0.05, 0) is 57.5 Å². The number of aryl methyl sites for hydroxylation is 2. The summed E-state index contributed by atoms with van der Waals surface area (Å²) in [6.07, 6.45) is 6.45. The third-order valence-corrected chi connectivity index (χ3v) is 7.73. The summed E-state index contributed by atoms with van der Waals surface area (Å²) in [5, 5.41) is 3.78. The van der Waals surface area contributed by atoms with Gasteiger partial charge in [0.1, 0.15) is 16.4 Å². The van der Waals surface area contributed by atoms with Crippen molar-refractivity contribution in [1.29, 1.82) is 0 Å². The number of hydrogen-bond donors (Lipinski definition) is 2. The number of fused-ring (bicyclic) bond motifs is 3. The largest absolute Gasteiger partial charge is 0.468 e. The van der Waals surface area contributed by atoms with Crippen molar-refractivity contribution in [3.05, 3.63) is 50.8 Å². The van der Waals surface area contributed by atoms with E-state index in [1.54, 1.807) is 29.4 Å². The van der Waals surface area contributed by atoms with Crippen LogP contribution in [0.4, 0.5) is 0 Å². The molecule has 1 aliphatic carbocycles. The Kier molecular flexibility index (Phi) is 7.14. The Bertz CT molecular complexity index is 1090. The maximum atomic E-state index is 12.6. The second kappa shape index (κ2) is 10.0. The van der Waals surface area contributed by atoms with E-state index in [4.69, 9.17) is 9.40 Å². The number of thiophene rings is 1. The molecule has 2 N–H and O–H groups in total. The van der Waals surface area contributed by atoms with Crippen LogP contribution in [0, 0.1) is 0 Å². The standard InChI is InChI=1S/C22H28N4O3S2/c1-26(2)15(16-7-5-10-29-16)12-23-19(27)9-11-30-13-18-24-21(28)20-14-6-3-4-8-17(14)31-22(20)25-18/h5,7,10,15H,3-4,6,8-9,11-13H2,1-2H3,(H,23,27)(H,24,25,28). The minimum Gasteiger partial charge on any atom is -0.468 e. The number of H-pyrrole nitrogens is 1. The maximum Gasteiger partial charge on any atom is 0.259 e. The Morgan fingerprint density at radius 3 is 3.00 bits per heavy atom. The average Bonchev–Trinajstić information content (AvgIpc) is 3.39. The number of amides is 1. The molecule has 9 heteroatoms. The first-order valence-corrected chi connectivity index (χ1v) is 12.6. The molecule has 0 fully saturated rings. The number of nitrogens with one attached hydrogen (secondary N) is 2. The van der Waals surface area contributed by atoms with Gasteiger partial charge >= 0.3 is 0 Å². The molecule has 1 unspecified atom stereocenters. The zero-order chi connectivity index (χ0) is 21.8. The number of thioether (sulfide) groups is 1. The molecular weight excluding hydrogens is 432 g/mol. The van der Waals surface area contributed by atoms with E-state index in [-0.39, 0.29) is 17.5 Å². The van der Waals surface area contributed by atoms with Crippen LogP contribution in [-0.4, -0.2) is 47.2 Å². The Labute approximate surface area is 189 Å². The Morgan fingerprint density at radius 2 is 2.23 bits per heavy atom. The molecule has 1 atom stereocenters. The molecule has 7 nitrogen and oxygen atoms in total. The van der Waals surface area contributed by atoms with Crippen molar-refractivity contribution in [3.8, 4) is 0 Å². The van der Waals surface area contributed by atoms with Crippen LogP contribution in [0.2, 0.25) is 0 Å². The topological polar surface area (TPSA) is 91.2 Å². The Balaban J connectivity index is 1.26. The Morgan fingerprint density at radius 1 is 1.39 bits per heavy atom. The van der Waals surface area contributed by atoms with E-state index in [1.165, 1.54) is 16.9 Å². The molecule has 1 amide bonds. The fourth-order valence-corrected chi connectivity index (χ4v) is 6.01. The van der Waals surface area contributed by atoms with Gasteiger partial charge < -0.3 is 14.7 Å². The molecule has 3 aromatic rings. The summed E-state index contributed by atoms with van der Waals surface area (Å²) in [5.74, 6) is 2.79. The van der Waals surface area contributed by atoms with Gasteiger partial charge in [0.2, 0.25) is 5.91 Å². The van der Waals surface area contributed by atoms with Gasteiger partial charge in [0.05, 0.1) is 23.4 Å². The molecule has 166 valence electrons. The number of carbonyl (C=O) groups is 1. The van der Waals surface area contributed by atoms with Crippen LogP contribution in [0.15, 0.2) is 27.6 Å². The van der Waals surface area contributed by atoms with Crippen molar-refractivity contribution in [3.63, 3.8) is 0 Å². The van der Waals surface area contributed by atoms with Gasteiger partial charge in [-0.1, -0.05) is 0 Å². The number of furan rings is 1. The highest BCUT2D eigenvalue weighted by atomic mass is 32.2. The number of likely N-dealkylation sites (N-methyl/N-ethyl adjacent to an activating group) is 1. The summed E-state index contributed by atoms with van der Waals surface area (Å²) in [7, 11) is 3.92. The summed E-state index contributed by atoms with van der Waals surface area (Å²) in [6, 6.07) is 3.77. The molecule has 0 bridgehead atoms. The summed E-state index contributed by atoms with van der Waals surface area (Å²) in [4.78, 5) is 36.7. The molecule has 0 saturated carbocycles. The van der Waals surface area contributed by atoms with Crippen LogP contribution in [0.25, 0.3) is 10.2 Å². The Hall–Kier alpha value is -2.10. The maximum absolute atomic E-state index is 12.6. The smallest absolute Gasteiger partial charge is 0.259 e. The second-order valence-corrected chi connectivity index (χ2v) is 10.2. The van der Waals surface area contributed by atoms with Crippen LogP contribution < -0.4 is 10.9 Å². The fourth-order valence-electron chi connectivity index (χ4n) is 3.93. The molecule has 0 aliphatic heterocycles. The van der Waals surface area contributed by atoms with Crippen LogP contribution in [0.3, 0.4) is 0 Å². The number of aromatic amines is 1. The fraction of sp³-hybridized carbons (Fsp3) is 0.500. The van der Waals surface area contributed by atoms with Crippen LogP contribution in [-0.2, 0) is 23.4 Å². The van der Waals surface area contributed by atoms with Gasteiger partial charge in [0, 0.05) is 23.6 Å². The predicted molar refractivity (Wildman–Crippen MR) is 126 cm³/mol. The van der Waals surface area contributed by atoms with Gasteiger partial charge in [-0.15, -0.1) is 11.3 Å². The molecule has 0 saturated heterocycles. The molecule has 3 aromatic heterocycles. The highest BCUT2D eigenvalue weighted by molar-refractivity contribution is 7.98. The van der Waals surface area contributed by atoms with E-state index >= 15 is 0 Å². The SMILES string of the molecule is CN(C)C(CNC(=O)CCSCc1nc2sc3c(c2c(=O)[nH]1)CCCC3)c1ccco1. The zero-order valence-corrected chi connectivity index (χ0v) is 19.5. The van der Waals surface area contributed by atoms with Gasteiger partial charge in [-0.3, -0.25) is 14.5 Å². The minimum absolute atomic E-state index is 0.00391. The quantitative estimate of drug-likeness (QED) is 0.475. The van der Waals surface area contributed by atoms with Crippen LogP contribution >= 0.6 is 23.1 Å². The third-order valence-electron chi connectivity index (χ3n) is 5.57. The van der Waals surface area contributed by atoms with Crippen molar-refractivity contribution in [1.82, 2.24) is 20.2 Å². The number of aromatic nitrogens is 2. The van der Waals surface area contributed by atoms with Gasteiger partial charge in [-0.2, -0.15) is 11.8 Å². The molecule has 0 spiro atoms. The first-order chi connectivity index (χ1) is 15.0. The number of carbonyl (C=O) groups excluding carboxylic acids is 1. The monoisotopic (exact) mass is 460 g/mol. The van der Waals surface area contributed by atoms with E-state index in [2.05, 4.69) is 10.3 Å². The van der Waals surface area contributed by atoms with Gasteiger partial charge in [-0.25, -0.2) is 4.98 Å². The molecule has 0 aromatic carbocycles. The normalized spacial score (nSPS) is 14.7. The van der Waals surface area contributed by atoms with E-state index in [0.29, 0.717) is 30.3 Å². The zero-order valence-electron chi connectivity index (χ0n) is 17.9. The molecular formula is C22H28N4O3S2.